The molecule has 1 aliphatic carbocycles. The van der Waals surface area contributed by atoms with Crippen molar-refractivity contribution in [3.05, 3.63) is 59.2 Å². The van der Waals surface area contributed by atoms with Gasteiger partial charge in [-0.3, -0.25) is 14.5 Å². The predicted octanol–water partition coefficient (Wildman–Crippen LogP) is 3.81. The fourth-order valence-electron chi connectivity index (χ4n) is 4.07. The molecule has 1 saturated heterocycles. The molecule has 1 spiro atoms. The van der Waals surface area contributed by atoms with E-state index in [2.05, 4.69) is 10.2 Å². The molecule has 0 bridgehead atoms. The average Bonchev–Trinajstić information content (AvgIpc) is 2.99. The van der Waals surface area contributed by atoms with E-state index in [4.69, 9.17) is 23.5 Å². The van der Waals surface area contributed by atoms with E-state index in [-0.39, 0.29) is 16.6 Å². The lowest BCUT2D eigenvalue weighted by atomic mass is 9.75. The summed E-state index contributed by atoms with van der Waals surface area (Å²) in [7, 11) is 2.88. The minimum atomic E-state index is -0.885. The highest BCUT2D eigenvalue weighted by atomic mass is 32.1. The molecule has 2 aliphatic rings. The summed E-state index contributed by atoms with van der Waals surface area (Å²) in [6, 6.07) is 9.04. The van der Waals surface area contributed by atoms with Gasteiger partial charge < -0.3 is 15.0 Å². The Bertz CT molecular complexity index is 1160. The van der Waals surface area contributed by atoms with Gasteiger partial charge in [0, 0.05) is 12.7 Å². The number of benzene rings is 2. The normalized spacial score (nSPS) is 16.8. The molecule has 0 radical (unpaired) electrons. The van der Waals surface area contributed by atoms with Crippen LogP contribution in [0.25, 0.3) is 4.85 Å². The Kier molecular flexibility index (Phi) is 5.11. The topological polar surface area (TPSA) is 66.2 Å². The van der Waals surface area contributed by atoms with Gasteiger partial charge in [0.05, 0.1) is 24.9 Å². The van der Waals surface area contributed by atoms with Gasteiger partial charge in [0.1, 0.15) is 17.1 Å². The zero-order chi connectivity index (χ0) is 22.3. The largest absolute Gasteiger partial charge is 0.508 e. The maximum Gasteiger partial charge on any atom is 0.259 e. The van der Waals surface area contributed by atoms with Gasteiger partial charge in [-0.25, -0.2) is 9.24 Å². The fraction of sp³-hybridized carbons (Fsp3) is 0.273. The highest BCUT2D eigenvalue weighted by molar-refractivity contribution is 7.81. The van der Waals surface area contributed by atoms with Crippen LogP contribution in [0.1, 0.15) is 29.6 Å². The Morgan fingerprint density at radius 3 is 2.52 bits per heavy atom. The number of ether oxygens (including phenoxy) is 1. The average molecular weight is 438 g/mol. The monoisotopic (exact) mass is 438 g/mol. The predicted molar refractivity (Wildman–Crippen MR) is 118 cm³/mol. The molecule has 1 N–H and O–H groups in total. The lowest BCUT2D eigenvalue weighted by Crippen LogP contribution is -2.55. The van der Waals surface area contributed by atoms with Crippen LogP contribution in [-0.4, -0.2) is 36.6 Å². The minimum absolute atomic E-state index is 0.0818. The number of methoxy groups -OCH3 is 1. The summed E-state index contributed by atoms with van der Waals surface area (Å²) in [5, 5.41) is 2.62. The first-order valence-electron chi connectivity index (χ1n) is 9.64. The van der Waals surface area contributed by atoms with Gasteiger partial charge in [-0.05, 0) is 61.8 Å². The number of halogens is 1. The van der Waals surface area contributed by atoms with E-state index in [0.717, 1.165) is 6.42 Å². The summed E-state index contributed by atoms with van der Waals surface area (Å²) < 4.78 is 19.9. The van der Waals surface area contributed by atoms with Crippen molar-refractivity contribution in [2.45, 2.75) is 24.8 Å². The fourth-order valence-corrected chi connectivity index (χ4v) is 4.54. The number of hydrogen-bond acceptors (Lipinski definition) is 4. The van der Waals surface area contributed by atoms with Gasteiger partial charge >= 0.3 is 0 Å². The molecule has 1 aliphatic heterocycles. The maximum absolute atomic E-state index is 14.7. The van der Waals surface area contributed by atoms with Crippen molar-refractivity contribution in [1.82, 2.24) is 5.32 Å². The van der Waals surface area contributed by atoms with E-state index in [1.54, 1.807) is 29.2 Å². The van der Waals surface area contributed by atoms with Crippen molar-refractivity contribution in [2.24, 2.45) is 0 Å². The van der Waals surface area contributed by atoms with Gasteiger partial charge in [0.15, 0.2) is 5.11 Å². The highest BCUT2D eigenvalue weighted by Gasteiger charge is 2.59. The third-order valence-corrected chi connectivity index (χ3v) is 6.18. The van der Waals surface area contributed by atoms with Gasteiger partial charge in [-0.2, -0.15) is 0 Å². The Balaban J connectivity index is 1.78. The van der Waals surface area contributed by atoms with E-state index in [9.17, 15) is 14.0 Å². The number of amides is 2. The number of nitrogens with one attached hydrogen (secondary N) is 1. The van der Waals surface area contributed by atoms with Crippen molar-refractivity contribution < 1.29 is 18.7 Å². The van der Waals surface area contributed by atoms with Crippen LogP contribution in [0, 0.1) is 12.4 Å². The zero-order valence-corrected chi connectivity index (χ0v) is 17.8. The third-order valence-electron chi connectivity index (χ3n) is 5.82. The standard InChI is InChI=1S/C22H19FN4O3S/c1-24-17-8-6-13(12-18(17)30-3)26-20(29)22(9-4-10-22)27(21(26)31)14-5-7-15(16(23)11-14)19(28)25-2/h5-8,11-12H,4,9-10H2,2-3H3,(H,25,28). The highest BCUT2D eigenvalue weighted by Crippen LogP contribution is 2.48. The summed E-state index contributed by atoms with van der Waals surface area (Å²) in [5.41, 5.74) is 0.252. The molecule has 2 amide bonds. The van der Waals surface area contributed by atoms with Gasteiger partial charge in [0.2, 0.25) is 5.69 Å². The smallest absolute Gasteiger partial charge is 0.259 e. The van der Waals surface area contributed by atoms with Crippen LogP contribution in [0.3, 0.4) is 0 Å². The number of carbonyl (C=O) groups excluding carboxylic acids is 2. The maximum atomic E-state index is 14.7. The second-order valence-corrected chi connectivity index (χ2v) is 7.72. The van der Waals surface area contributed by atoms with Crippen LogP contribution in [-0.2, 0) is 4.79 Å². The van der Waals surface area contributed by atoms with Crippen LogP contribution in [0.2, 0.25) is 0 Å². The van der Waals surface area contributed by atoms with Gasteiger partial charge in [-0.1, -0.05) is 6.07 Å². The molecular weight excluding hydrogens is 419 g/mol. The number of rotatable bonds is 4. The Morgan fingerprint density at radius 2 is 1.97 bits per heavy atom. The molecule has 31 heavy (non-hydrogen) atoms. The molecule has 1 heterocycles. The van der Waals surface area contributed by atoms with Crippen molar-refractivity contribution in [3.63, 3.8) is 0 Å². The molecule has 2 aromatic carbocycles. The first kappa shape index (κ1) is 20.8. The van der Waals surface area contributed by atoms with Crippen LogP contribution < -0.4 is 19.9 Å². The Morgan fingerprint density at radius 1 is 1.26 bits per heavy atom. The number of carbonyl (C=O) groups is 2. The second-order valence-electron chi connectivity index (χ2n) is 7.35. The van der Waals surface area contributed by atoms with Crippen LogP contribution in [0.5, 0.6) is 5.75 Å². The Hall–Kier alpha value is -3.51. The van der Waals surface area contributed by atoms with Gasteiger partial charge in [-0.15, -0.1) is 0 Å². The lowest BCUT2D eigenvalue weighted by molar-refractivity contribution is -0.123. The van der Waals surface area contributed by atoms with Crippen molar-refractivity contribution >= 4 is 46.2 Å². The Labute approximate surface area is 184 Å². The van der Waals surface area contributed by atoms with E-state index >= 15 is 0 Å². The van der Waals surface area contributed by atoms with E-state index in [0.29, 0.717) is 35.7 Å². The molecule has 1 saturated carbocycles. The molecule has 9 heteroatoms. The lowest BCUT2D eigenvalue weighted by Gasteiger charge is -2.43. The van der Waals surface area contributed by atoms with Crippen molar-refractivity contribution in [2.75, 3.05) is 24.0 Å². The van der Waals surface area contributed by atoms with E-state index in [1.165, 1.54) is 31.2 Å². The van der Waals surface area contributed by atoms with Crippen molar-refractivity contribution in [3.8, 4) is 5.75 Å². The van der Waals surface area contributed by atoms with Gasteiger partial charge in [0.25, 0.3) is 11.8 Å². The molecule has 0 unspecified atom stereocenters. The summed E-state index contributed by atoms with van der Waals surface area (Å²) in [4.78, 5) is 31.8. The first-order valence-corrected chi connectivity index (χ1v) is 10.0. The molecule has 0 aromatic heterocycles. The molecule has 0 atom stereocenters. The SMILES string of the molecule is [C-]#[N+]c1ccc(N2C(=O)C3(CCC3)N(c3ccc(C(=O)NC)c(F)c3)C2=S)cc1OC. The van der Waals surface area contributed by atoms with E-state index in [1.807, 2.05) is 0 Å². The number of nitrogens with zero attached hydrogens (tertiary/aromatic N) is 3. The minimum Gasteiger partial charge on any atom is -0.508 e. The molecule has 2 aromatic rings. The molecule has 7 nitrogen and oxygen atoms in total. The van der Waals surface area contributed by atoms with Crippen LogP contribution >= 0.6 is 12.2 Å². The number of hydrogen-bond donors (Lipinski definition) is 1. The van der Waals surface area contributed by atoms with Crippen molar-refractivity contribution in [1.29, 1.82) is 0 Å². The molecular formula is C22H19FN4O3S. The summed E-state index contributed by atoms with van der Waals surface area (Å²) in [5.74, 6) is -1.08. The molecule has 158 valence electrons. The van der Waals surface area contributed by atoms with Crippen LogP contribution in [0.4, 0.5) is 21.5 Å². The quantitative estimate of drug-likeness (QED) is 0.581. The summed E-state index contributed by atoms with van der Waals surface area (Å²) in [6.07, 6.45) is 2.01. The van der Waals surface area contributed by atoms with Crippen LogP contribution in [0.15, 0.2) is 36.4 Å². The molecule has 2 fully saturated rings. The summed E-state index contributed by atoms with van der Waals surface area (Å²) in [6.45, 7) is 7.24. The zero-order valence-electron chi connectivity index (χ0n) is 16.9. The number of thiocarbonyl (C=S) groups is 1. The third kappa shape index (κ3) is 3.02. The second kappa shape index (κ2) is 7.63. The molecule has 4 rings (SSSR count). The van der Waals surface area contributed by atoms with E-state index < -0.39 is 17.3 Å². The summed E-state index contributed by atoms with van der Waals surface area (Å²) >= 11 is 5.67. The first-order chi connectivity index (χ1) is 14.9. The number of anilines is 2.